The van der Waals surface area contributed by atoms with Crippen LogP contribution >= 0.6 is 0 Å². The third-order valence-electron chi connectivity index (χ3n) is 4.13. The van der Waals surface area contributed by atoms with Crippen LogP contribution in [0.5, 0.6) is 0 Å². The van der Waals surface area contributed by atoms with E-state index in [1.165, 1.54) is 12.8 Å². The summed E-state index contributed by atoms with van der Waals surface area (Å²) in [5.74, 6) is 2.64. The minimum Gasteiger partial charge on any atom is -0.364 e. The van der Waals surface area contributed by atoms with Gasteiger partial charge in [-0.2, -0.15) is 4.98 Å². The molecule has 0 amide bonds. The van der Waals surface area contributed by atoms with Gasteiger partial charge in [-0.25, -0.2) is 0 Å². The normalized spacial score (nSPS) is 24.1. The summed E-state index contributed by atoms with van der Waals surface area (Å²) in [6, 6.07) is 1.92. The molecule has 0 spiro atoms. The summed E-state index contributed by atoms with van der Waals surface area (Å²) in [5.41, 5.74) is 0.984. The highest BCUT2D eigenvalue weighted by Gasteiger charge is 2.32. The molecule has 0 bridgehead atoms. The zero-order valence-corrected chi connectivity index (χ0v) is 11.4. The molecule has 2 fully saturated rings. The molecule has 0 unspecified atom stereocenters. The highest BCUT2D eigenvalue weighted by atomic mass is 16.5. The molecular weight excluding hydrogens is 256 g/mol. The van der Waals surface area contributed by atoms with Crippen molar-refractivity contribution in [3.63, 3.8) is 0 Å². The third-order valence-corrected chi connectivity index (χ3v) is 4.13. The zero-order valence-electron chi connectivity index (χ0n) is 11.4. The van der Waals surface area contributed by atoms with Crippen LogP contribution in [0.25, 0.3) is 0 Å². The van der Waals surface area contributed by atoms with Crippen LogP contribution in [0.15, 0.2) is 21.4 Å². The Hall–Kier alpha value is -1.69. The fourth-order valence-corrected chi connectivity index (χ4v) is 2.87. The van der Waals surface area contributed by atoms with Crippen molar-refractivity contribution in [1.82, 2.24) is 20.2 Å². The first-order valence-electron chi connectivity index (χ1n) is 7.33. The van der Waals surface area contributed by atoms with Gasteiger partial charge < -0.3 is 9.05 Å². The van der Waals surface area contributed by atoms with E-state index in [0.717, 1.165) is 49.9 Å². The summed E-state index contributed by atoms with van der Waals surface area (Å²) in [4.78, 5) is 6.98. The van der Waals surface area contributed by atoms with Crippen molar-refractivity contribution in [3.8, 4) is 0 Å². The van der Waals surface area contributed by atoms with Gasteiger partial charge in [0.15, 0.2) is 5.82 Å². The number of hydrogen-bond acceptors (Lipinski definition) is 6. The van der Waals surface area contributed by atoms with Gasteiger partial charge in [-0.05, 0) is 32.2 Å². The van der Waals surface area contributed by atoms with Gasteiger partial charge in [0, 0.05) is 31.0 Å². The third kappa shape index (κ3) is 2.47. The maximum absolute atomic E-state index is 5.38. The maximum atomic E-state index is 5.38. The Kier molecular flexibility index (Phi) is 3.03. The van der Waals surface area contributed by atoms with Crippen molar-refractivity contribution < 1.29 is 9.05 Å². The SMILES string of the molecule is c1cc(CN2CCC[C@@H](c3noc(C4CC4)n3)C2)no1. The van der Waals surface area contributed by atoms with E-state index in [0.29, 0.717) is 11.8 Å². The second-order valence-electron chi connectivity index (χ2n) is 5.83. The van der Waals surface area contributed by atoms with Crippen LogP contribution < -0.4 is 0 Å². The van der Waals surface area contributed by atoms with Gasteiger partial charge in [0.25, 0.3) is 0 Å². The lowest BCUT2D eigenvalue weighted by Gasteiger charge is -2.30. The van der Waals surface area contributed by atoms with Crippen LogP contribution in [0, 0.1) is 0 Å². The predicted molar refractivity (Wildman–Crippen MR) is 70.0 cm³/mol. The van der Waals surface area contributed by atoms with Crippen LogP contribution in [0.1, 0.15) is 54.9 Å². The van der Waals surface area contributed by atoms with Crippen LogP contribution in [0.4, 0.5) is 0 Å². The van der Waals surface area contributed by atoms with Gasteiger partial charge in [0.2, 0.25) is 5.89 Å². The van der Waals surface area contributed by atoms with E-state index in [1.807, 2.05) is 6.07 Å². The molecule has 3 heterocycles. The lowest BCUT2D eigenvalue weighted by atomic mass is 9.97. The molecule has 4 rings (SSSR count). The lowest BCUT2D eigenvalue weighted by Crippen LogP contribution is -2.34. The van der Waals surface area contributed by atoms with Crippen molar-refractivity contribution in [3.05, 3.63) is 29.7 Å². The topological polar surface area (TPSA) is 68.2 Å². The standard InChI is InChI=1S/C14H18N4O2/c1-2-11(13-15-14(20-17-13)10-3-4-10)8-18(6-1)9-12-5-7-19-16-12/h5,7,10-11H,1-4,6,8-9H2/t11-/m1/s1. The molecule has 0 N–H and O–H groups in total. The van der Waals surface area contributed by atoms with Crippen molar-refractivity contribution in [1.29, 1.82) is 0 Å². The molecule has 1 aliphatic heterocycles. The molecule has 1 saturated carbocycles. The molecule has 2 aromatic heterocycles. The summed E-state index contributed by atoms with van der Waals surface area (Å²) in [6.07, 6.45) is 6.32. The summed E-state index contributed by atoms with van der Waals surface area (Å²) in [7, 11) is 0. The second-order valence-corrected chi connectivity index (χ2v) is 5.83. The van der Waals surface area contributed by atoms with Gasteiger partial charge in [0.1, 0.15) is 6.26 Å². The quantitative estimate of drug-likeness (QED) is 0.852. The van der Waals surface area contributed by atoms with E-state index in [-0.39, 0.29) is 0 Å². The average molecular weight is 274 g/mol. The largest absolute Gasteiger partial charge is 0.364 e. The number of likely N-dealkylation sites (tertiary alicyclic amines) is 1. The Morgan fingerprint density at radius 1 is 1.20 bits per heavy atom. The summed E-state index contributed by atoms with van der Waals surface area (Å²) in [5, 5.41) is 8.16. The van der Waals surface area contributed by atoms with Crippen molar-refractivity contribution in [2.24, 2.45) is 0 Å². The van der Waals surface area contributed by atoms with Crippen molar-refractivity contribution >= 4 is 0 Å². The first-order valence-corrected chi connectivity index (χ1v) is 7.33. The van der Waals surface area contributed by atoms with E-state index in [2.05, 4.69) is 20.2 Å². The molecule has 106 valence electrons. The number of aromatic nitrogens is 3. The summed E-state index contributed by atoms with van der Waals surface area (Å²) < 4.78 is 10.3. The van der Waals surface area contributed by atoms with Crippen LogP contribution in [-0.4, -0.2) is 33.3 Å². The average Bonchev–Trinajstić information content (AvgIpc) is 3.00. The van der Waals surface area contributed by atoms with Crippen LogP contribution in [-0.2, 0) is 6.54 Å². The van der Waals surface area contributed by atoms with E-state index in [9.17, 15) is 0 Å². The molecule has 1 aliphatic carbocycles. The molecule has 1 atom stereocenters. The molecule has 6 nitrogen and oxygen atoms in total. The van der Waals surface area contributed by atoms with E-state index in [1.54, 1.807) is 6.26 Å². The van der Waals surface area contributed by atoms with Crippen molar-refractivity contribution in [2.75, 3.05) is 13.1 Å². The predicted octanol–water partition coefficient (Wildman–Crippen LogP) is 2.31. The molecule has 2 aromatic rings. The smallest absolute Gasteiger partial charge is 0.229 e. The Balaban J connectivity index is 1.42. The fourth-order valence-electron chi connectivity index (χ4n) is 2.87. The molecule has 0 radical (unpaired) electrons. The van der Waals surface area contributed by atoms with Gasteiger partial charge in [-0.3, -0.25) is 4.90 Å². The van der Waals surface area contributed by atoms with Gasteiger partial charge >= 0.3 is 0 Å². The summed E-state index contributed by atoms with van der Waals surface area (Å²) in [6.45, 7) is 2.90. The number of rotatable bonds is 4. The highest BCUT2D eigenvalue weighted by molar-refractivity contribution is 5.06. The van der Waals surface area contributed by atoms with E-state index >= 15 is 0 Å². The number of hydrogen-bond donors (Lipinski definition) is 0. The van der Waals surface area contributed by atoms with Gasteiger partial charge in [-0.1, -0.05) is 10.3 Å². The monoisotopic (exact) mass is 274 g/mol. The molecular formula is C14H18N4O2. The minimum absolute atomic E-state index is 0.381. The van der Waals surface area contributed by atoms with E-state index in [4.69, 9.17) is 9.05 Å². The molecule has 1 saturated heterocycles. The molecule has 0 aromatic carbocycles. The minimum atomic E-state index is 0.381. The maximum Gasteiger partial charge on any atom is 0.229 e. The number of nitrogens with zero attached hydrogens (tertiary/aromatic N) is 4. The molecule has 20 heavy (non-hydrogen) atoms. The molecule has 6 heteroatoms. The first-order chi connectivity index (χ1) is 9.88. The van der Waals surface area contributed by atoms with Gasteiger partial charge in [0.05, 0.1) is 5.69 Å². The Morgan fingerprint density at radius 2 is 2.15 bits per heavy atom. The Bertz CT molecular complexity index is 562. The first kappa shape index (κ1) is 12.1. The lowest BCUT2D eigenvalue weighted by molar-refractivity contribution is 0.190. The van der Waals surface area contributed by atoms with E-state index < -0.39 is 0 Å². The van der Waals surface area contributed by atoms with Crippen LogP contribution in [0.3, 0.4) is 0 Å². The van der Waals surface area contributed by atoms with Crippen LogP contribution in [0.2, 0.25) is 0 Å². The zero-order chi connectivity index (χ0) is 13.4. The van der Waals surface area contributed by atoms with Gasteiger partial charge in [-0.15, -0.1) is 0 Å². The Morgan fingerprint density at radius 3 is 2.95 bits per heavy atom. The highest BCUT2D eigenvalue weighted by Crippen LogP contribution is 2.39. The Labute approximate surface area is 117 Å². The second kappa shape index (κ2) is 5.01. The number of piperidine rings is 1. The fraction of sp³-hybridized carbons (Fsp3) is 0.643. The van der Waals surface area contributed by atoms with Crippen molar-refractivity contribution in [2.45, 2.75) is 44.1 Å². The summed E-state index contributed by atoms with van der Waals surface area (Å²) >= 11 is 0. The molecule has 2 aliphatic rings.